The summed E-state index contributed by atoms with van der Waals surface area (Å²) in [4.78, 5) is 44.8. The number of aliphatic hydroxyl groups excluding tert-OH is 1. The molecule has 8 nitrogen and oxygen atoms in total. The molecule has 0 aromatic heterocycles. The van der Waals surface area contributed by atoms with Gasteiger partial charge in [-0.25, -0.2) is 0 Å². The van der Waals surface area contributed by atoms with Gasteiger partial charge >= 0.3 is 17.9 Å². The number of rotatable bonds is 7. The van der Waals surface area contributed by atoms with Crippen LogP contribution in [0.4, 0.5) is 0 Å². The Morgan fingerprint density at radius 2 is 1.45 bits per heavy atom. The van der Waals surface area contributed by atoms with Crippen LogP contribution in [-0.2, 0) is 33.4 Å². The lowest BCUT2D eigenvalue weighted by Crippen LogP contribution is -2.50. The molecular formula is C12H18O8. The highest BCUT2D eigenvalue weighted by Gasteiger charge is 2.39. The van der Waals surface area contributed by atoms with E-state index in [9.17, 15) is 24.3 Å². The Bertz CT molecular complexity index is 429. The molecule has 0 aromatic rings. The molecule has 0 saturated carbocycles. The summed E-state index contributed by atoms with van der Waals surface area (Å²) in [5.74, 6) is -3.29. The fourth-order valence-electron chi connectivity index (χ4n) is 1.39. The van der Waals surface area contributed by atoms with Gasteiger partial charge < -0.3 is 19.3 Å². The monoisotopic (exact) mass is 293 g/mol. The molecular weight excluding hydrogens is 272 g/mol. The summed E-state index contributed by atoms with van der Waals surface area (Å²) in [7, 11) is 0. The molecule has 0 fully saturated rings. The molecule has 0 amide bonds. The van der Waals surface area contributed by atoms with E-state index < -0.39 is 63.0 Å². The van der Waals surface area contributed by atoms with E-state index in [1.807, 2.05) is 0 Å². The topological polar surface area (TPSA) is 116 Å². The van der Waals surface area contributed by atoms with Crippen molar-refractivity contribution in [1.29, 1.82) is 0 Å². The largest absolute Gasteiger partial charge is 0.456 e. The van der Waals surface area contributed by atoms with E-state index in [4.69, 9.17) is 13.6 Å². The minimum Gasteiger partial charge on any atom is -0.456 e. The molecule has 0 bridgehead atoms. The number of carbonyl (C=O) groups is 4. The predicted molar refractivity (Wildman–Crippen MR) is 64.4 cm³/mol. The van der Waals surface area contributed by atoms with Crippen molar-refractivity contribution >= 4 is 24.2 Å². The number of hydrogen-bond acceptors (Lipinski definition) is 8. The molecule has 0 aliphatic rings. The summed E-state index contributed by atoms with van der Waals surface area (Å²) in [5.41, 5.74) is 0. The SMILES string of the molecule is [2H]CC(=O)O[C@H]([C@H](OC(=O)C[2H])[C@H](C)O)[C@@H](C=O)OC(=O)C[2H]. The van der Waals surface area contributed by atoms with Crippen molar-refractivity contribution in [3.05, 3.63) is 0 Å². The number of ether oxygens (including phenoxy) is 3. The second kappa shape index (κ2) is 8.26. The first kappa shape index (κ1) is 13.0. The van der Waals surface area contributed by atoms with Gasteiger partial charge in [-0.2, -0.15) is 0 Å². The fraction of sp³-hybridized carbons (Fsp3) is 0.667. The molecule has 0 aliphatic carbocycles. The maximum absolute atomic E-state index is 11.3. The maximum Gasteiger partial charge on any atom is 0.303 e. The van der Waals surface area contributed by atoms with E-state index in [0.29, 0.717) is 0 Å². The minimum atomic E-state index is -1.75. The van der Waals surface area contributed by atoms with Gasteiger partial charge in [0.25, 0.3) is 0 Å². The van der Waals surface area contributed by atoms with Crippen LogP contribution in [0.2, 0.25) is 0 Å². The van der Waals surface area contributed by atoms with Gasteiger partial charge in [0.1, 0.15) is 0 Å². The highest BCUT2D eigenvalue weighted by molar-refractivity contribution is 5.72. The third-order valence-electron chi connectivity index (χ3n) is 2.06. The number of esters is 3. The van der Waals surface area contributed by atoms with Crippen molar-refractivity contribution in [1.82, 2.24) is 0 Å². The molecule has 0 aromatic carbocycles. The zero-order valence-corrected chi connectivity index (χ0v) is 10.8. The van der Waals surface area contributed by atoms with Gasteiger partial charge in [0.2, 0.25) is 0 Å². The molecule has 0 radical (unpaired) electrons. The normalized spacial score (nSPS) is 18.2. The van der Waals surface area contributed by atoms with Crippen LogP contribution in [-0.4, -0.2) is 53.7 Å². The van der Waals surface area contributed by atoms with Crippen LogP contribution in [0.15, 0.2) is 0 Å². The average molecular weight is 293 g/mol. The summed E-state index contributed by atoms with van der Waals surface area (Å²) in [6.07, 6.45) is -6.42. The van der Waals surface area contributed by atoms with Crippen LogP contribution >= 0.6 is 0 Å². The number of carbonyl (C=O) groups excluding carboxylic acids is 4. The summed E-state index contributed by atoms with van der Waals surface area (Å²) < 4.78 is 34.8. The molecule has 4 atom stereocenters. The Morgan fingerprint density at radius 1 is 1.00 bits per heavy atom. The van der Waals surface area contributed by atoms with E-state index in [1.165, 1.54) is 0 Å². The van der Waals surface area contributed by atoms with Crippen molar-refractivity contribution in [2.75, 3.05) is 0 Å². The van der Waals surface area contributed by atoms with Crippen LogP contribution in [0, 0.1) is 0 Å². The van der Waals surface area contributed by atoms with Crippen LogP contribution in [0.25, 0.3) is 0 Å². The Kier molecular flexibility index (Phi) is 5.39. The Morgan fingerprint density at radius 3 is 1.85 bits per heavy atom. The van der Waals surface area contributed by atoms with Crippen LogP contribution < -0.4 is 0 Å². The van der Waals surface area contributed by atoms with Gasteiger partial charge in [0.15, 0.2) is 24.6 Å². The maximum atomic E-state index is 11.3. The van der Waals surface area contributed by atoms with Gasteiger partial charge in [-0.15, -0.1) is 0 Å². The second-order valence-electron chi connectivity index (χ2n) is 3.74. The Balaban J connectivity index is 5.48. The highest BCUT2D eigenvalue weighted by atomic mass is 16.6. The number of aliphatic hydroxyl groups is 1. The molecule has 0 rings (SSSR count). The molecule has 0 saturated heterocycles. The molecule has 0 aliphatic heterocycles. The van der Waals surface area contributed by atoms with Crippen molar-refractivity contribution in [2.24, 2.45) is 0 Å². The zero-order valence-electron chi connectivity index (χ0n) is 13.8. The summed E-state index contributed by atoms with van der Waals surface area (Å²) >= 11 is 0. The molecule has 0 spiro atoms. The van der Waals surface area contributed by atoms with E-state index in [2.05, 4.69) is 4.74 Å². The van der Waals surface area contributed by atoms with Crippen LogP contribution in [0.1, 0.15) is 31.7 Å². The predicted octanol–water partition coefficient (Wildman–Crippen LogP) is -0.639. The van der Waals surface area contributed by atoms with E-state index in [0.717, 1.165) is 6.92 Å². The van der Waals surface area contributed by atoms with Crippen LogP contribution in [0.3, 0.4) is 0 Å². The third-order valence-corrected chi connectivity index (χ3v) is 2.06. The Labute approximate surface area is 120 Å². The van der Waals surface area contributed by atoms with Gasteiger partial charge in [-0.3, -0.25) is 19.2 Å². The summed E-state index contributed by atoms with van der Waals surface area (Å²) in [6, 6.07) is 0. The lowest BCUT2D eigenvalue weighted by Gasteiger charge is -2.30. The second-order valence-corrected chi connectivity index (χ2v) is 3.74. The highest BCUT2D eigenvalue weighted by Crippen LogP contribution is 2.16. The van der Waals surface area contributed by atoms with Gasteiger partial charge in [0.05, 0.1) is 6.10 Å². The number of hydrogen-bond donors (Lipinski definition) is 1. The van der Waals surface area contributed by atoms with E-state index in [-0.39, 0.29) is 6.29 Å². The molecule has 1 N–H and O–H groups in total. The molecule has 20 heavy (non-hydrogen) atoms. The Hall–Kier alpha value is -1.96. The third kappa shape index (κ3) is 6.28. The van der Waals surface area contributed by atoms with Crippen molar-refractivity contribution in [3.63, 3.8) is 0 Å². The smallest absolute Gasteiger partial charge is 0.303 e. The van der Waals surface area contributed by atoms with Gasteiger partial charge in [-0.05, 0) is 6.92 Å². The van der Waals surface area contributed by atoms with Gasteiger partial charge in [0, 0.05) is 24.8 Å². The molecule has 0 unspecified atom stereocenters. The quantitative estimate of drug-likeness (QED) is 0.374. The number of aldehydes is 1. The lowest BCUT2D eigenvalue weighted by atomic mass is 10.0. The van der Waals surface area contributed by atoms with Gasteiger partial charge in [-0.1, -0.05) is 0 Å². The lowest BCUT2D eigenvalue weighted by molar-refractivity contribution is -0.190. The summed E-state index contributed by atoms with van der Waals surface area (Å²) in [5, 5.41) is 9.68. The molecule has 0 heterocycles. The van der Waals surface area contributed by atoms with Crippen LogP contribution in [0.5, 0.6) is 0 Å². The van der Waals surface area contributed by atoms with E-state index >= 15 is 0 Å². The standard InChI is InChI=1S/C12H18O8/c1-6(14)11(19-8(3)16)12(20-9(4)17)10(5-13)18-7(2)15/h5-6,10-12,14H,1-4H3/t6-,10+,11+,12-/m0/s1/i2D,3D,4D. The molecule has 8 heteroatoms. The first-order chi connectivity index (χ1) is 10.8. The average Bonchev–Trinajstić information content (AvgIpc) is 2.54. The molecule has 114 valence electrons. The van der Waals surface area contributed by atoms with E-state index in [1.54, 1.807) is 0 Å². The van der Waals surface area contributed by atoms with Crippen molar-refractivity contribution < 1.29 is 42.6 Å². The zero-order chi connectivity index (χ0) is 18.0. The fourth-order valence-corrected chi connectivity index (χ4v) is 1.39. The van der Waals surface area contributed by atoms with Crippen molar-refractivity contribution in [2.45, 2.75) is 52.0 Å². The van der Waals surface area contributed by atoms with Crippen molar-refractivity contribution in [3.8, 4) is 0 Å². The first-order valence-corrected chi connectivity index (χ1v) is 5.40. The summed E-state index contributed by atoms with van der Waals surface area (Å²) in [6.45, 7) is -1.26. The minimum absolute atomic E-state index is 0.0827. The first-order valence-electron chi connectivity index (χ1n) is 7.52.